The zero-order chi connectivity index (χ0) is 23.8. The van der Waals surface area contributed by atoms with Gasteiger partial charge in [0.2, 0.25) is 11.1 Å². The van der Waals surface area contributed by atoms with E-state index in [-0.39, 0.29) is 10.9 Å². The van der Waals surface area contributed by atoms with Gasteiger partial charge in [-0.1, -0.05) is 66.4 Å². The predicted molar refractivity (Wildman–Crippen MR) is 127 cm³/mol. The topological polar surface area (TPSA) is 83.1 Å². The first-order valence-corrected chi connectivity index (χ1v) is 10.5. The maximum atomic E-state index is 13.2. The highest BCUT2D eigenvalue weighted by molar-refractivity contribution is 8.14. The minimum absolute atomic E-state index is 0.0179. The number of carbonyl (C=O) groups excluding carboxylic acids is 1. The van der Waals surface area contributed by atoms with Gasteiger partial charge < -0.3 is 5.32 Å². The number of anilines is 2. The number of halogens is 3. The molecule has 0 saturated carbocycles. The lowest BCUT2D eigenvalue weighted by molar-refractivity contribution is -0.137. The zero-order valence-electron chi connectivity index (χ0n) is 17.2. The predicted octanol–water partition coefficient (Wildman–Crippen LogP) is 5.47. The molecule has 0 aliphatic rings. The van der Waals surface area contributed by atoms with Gasteiger partial charge >= 0.3 is 6.18 Å². The van der Waals surface area contributed by atoms with Crippen molar-refractivity contribution in [3.05, 3.63) is 96.1 Å². The second kappa shape index (κ2) is 10.8. The third-order valence-corrected chi connectivity index (χ3v) is 5.63. The Bertz CT molecular complexity index is 1120. The van der Waals surface area contributed by atoms with Crippen LogP contribution >= 0.6 is 11.8 Å². The van der Waals surface area contributed by atoms with Gasteiger partial charge in [-0.2, -0.15) is 18.3 Å². The van der Waals surface area contributed by atoms with Crippen molar-refractivity contribution in [1.82, 2.24) is 0 Å². The van der Waals surface area contributed by atoms with E-state index in [0.29, 0.717) is 11.3 Å². The fourth-order valence-corrected chi connectivity index (χ4v) is 3.87. The molecule has 6 nitrogen and oxygen atoms in total. The van der Waals surface area contributed by atoms with E-state index in [1.165, 1.54) is 17.1 Å². The van der Waals surface area contributed by atoms with Crippen molar-refractivity contribution in [3.63, 3.8) is 0 Å². The molecule has 0 aromatic heterocycles. The van der Waals surface area contributed by atoms with Crippen LogP contribution in [0.25, 0.3) is 0 Å². The van der Waals surface area contributed by atoms with Crippen LogP contribution in [0, 0.1) is 0 Å². The Hall–Kier alpha value is -3.63. The molecule has 3 aromatic carbocycles. The summed E-state index contributed by atoms with van der Waals surface area (Å²) in [6, 6.07) is 22.1. The molecule has 1 atom stereocenters. The number of hydrogen-bond acceptors (Lipinski definition) is 5. The molecule has 170 valence electrons. The van der Waals surface area contributed by atoms with E-state index >= 15 is 0 Å². The van der Waals surface area contributed by atoms with Crippen molar-refractivity contribution in [1.29, 1.82) is 0 Å². The summed E-state index contributed by atoms with van der Waals surface area (Å²) < 4.78 is 39.2. The normalized spacial score (nSPS) is 12.7. The van der Waals surface area contributed by atoms with Crippen LogP contribution in [-0.2, 0) is 11.0 Å². The molecule has 10 heteroatoms. The Morgan fingerprint density at radius 1 is 1.00 bits per heavy atom. The summed E-state index contributed by atoms with van der Waals surface area (Å²) in [7, 11) is 0. The van der Waals surface area contributed by atoms with Crippen molar-refractivity contribution < 1.29 is 18.0 Å². The van der Waals surface area contributed by atoms with Crippen molar-refractivity contribution >= 4 is 40.9 Å². The molecule has 0 saturated heterocycles. The third-order valence-electron chi connectivity index (χ3n) is 4.42. The fourth-order valence-electron chi connectivity index (χ4n) is 2.88. The number of para-hydroxylation sites is 1. The third kappa shape index (κ3) is 6.43. The lowest BCUT2D eigenvalue weighted by atomic mass is 10.1. The molecular formula is C23H20F3N5OS. The number of hydrazine groups is 1. The Kier molecular flexibility index (Phi) is 7.86. The van der Waals surface area contributed by atoms with Crippen molar-refractivity contribution in [2.75, 3.05) is 10.3 Å². The number of rotatable bonds is 6. The summed E-state index contributed by atoms with van der Waals surface area (Å²) in [5, 5.41) is 10.6. The number of alkyl halides is 3. The summed E-state index contributed by atoms with van der Waals surface area (Å²) in [5.74, 6) is 5.66. The van der Waals surface area contributed by atoms with E-state index in [9.17, 15) is 18.0 Å². The van der Waals surface area contributed by atoms with E-state index in [1.54, 1.807) is 54.6 Å². The summed E-state index contributed by atoms with van der Waals surface area (Å²) in [4.78, 5) is 13.2. The first-order valence-electron chi connectivity index (χ1n) is 9.63. The van der Waals surface area contributed by atoms with Crippen LogP contribution in [0.5, 0.6) is 0 Å². The molecule has 0 bridgehead atoms. The van der Waals surface area contributed by atoms with Gasteiger partial charge in [-0.3, -0.25) is 9.80 Å². The van der Waals surface area contributed by atoms with Crippen LogP contribution in [0.2, 0.25) is 0 Å². The van der Waals surface area contributed by atoms with Crippen molar-refractivity contribution in [2.24, 2.45) is 16.0 Å². The second-order valence-corrected chi connectivity index (χ2v) is 7.78. The minimum Gasteiger partial charge on any atom is -0.325 e. The number of nitrogens with zero attached hydrogens (tertiary/aromatic N) is 3. The van der Waals surface area contributed by atoms with Gasteiger partial charge in [0.05, 0.1) is 11.3 Å². The molecule has 0 aliphatic carbocycles. The van der Waals surface area contributed by atoms with E-state index in [2.05, 4.69) is 22.2 Å². The Labute approximate surface area is 193 Å². The van der Waals surface area contributed by atoms with Gasteiger partial charge in [0, 0.05) is 12.4 Å². The molecule has 0 spiro atoms. The van der Waals surface area contributed by atoms with E-state index in [1.807, 2.05) is 6.07 Å². The lowest BCUT2D eigenvalue weighted by Crippen LogP contribution is -2.37. The van der Waals surface area contributed by atoms with Crippen LogP contribution < -0.4 is 16.2 Å². The Morgan fingerprint density at radius 2 is 1.64 bits per heavy atom. The average molecular weight is 472 g/mol. The SMILES string of the molecule is C=N/N=C(/SC(C(=O)Nc1cccc(C(F)(F)F)c1)c1ccccc1)N(N)c1ccccc1. The lowest BCUT2D eigenvalue weighted by Gasteiger charge is -2.23. The quantitative estimate of drug-likeness (QED) is 0.216. The first-order chi connectivity index (χ1) is 15.8. The van der Waals surface area contributed by atoms with Crippen LogP contribution in [0.15, 0.2) is 95.1 Å². The maximum absolute atomic E-state index is 13.2. The summed E-state index contributed by atoms with van der Waals surface area (Å²) in [6.07, 6.45) is -4.53. The van der Waals surface area contributed by atoms with Crippen LogP contribution in [0.1, 0.15) is 16.4 Å². The van der Waals surface area contributed by atoms with E-state index in [0.717, 1.165) is 23.9 Å². The molecule has 1 amide bonds. The number of nitrogens with one attached hydrogen (secondary N) is 1. The van der Waals surface area contributed by atoms with Gasteiger partial charge in [-0.15, -0.1) is 5.10 Å². The summed E-state index contributed by atoms with van der Waals surface area (Å²) >= 11 is 0.990. The number of benzene rings is 3. The van der Waals surface area contributed by atoms with Gasteiger partial charge in [0.15, 0.2) is 0 Å². The smallest absolute Gasteiger partial charge is 0.325 e. The zero-order valence-corrected chi connectivity index (χ0v) is 18.1. The highest BCUT2D eigenvalue weighted by atomic mass is 32.2. The highest BCUT2D eigenvalue weighted by Crippen LogP contribution is 2.34. The van der Waals surface area contributed by atoms with Crippen molar-refractivity contribution in [2.45, 2.75) is 11.4 Å². The van der Waals surface area contributed by atoms with E-state index in [4.69, 9.17) is 5.84 Å². The molecule has 0 fully saturated rings. The molecule has 33 heavy (non-hydrogen) atoms. The first kappa shape index (κ1) is 24.0. The molecule has 1 unspecified atom stereocenters. The number of hydrogen-bond donors (Lipinski definition) is 2. The summed E-state index contributed by atoms with van der Waals surface area (Å²) in [6.45, 7) is 3.36. The van der Waals surface area contributed by atoms with Gasteiger partial charge in [0.1, 0.15) is 5.25 Å². The van der Waals surface area contributed by atoms with Gasteiger partial charge in [0.25, 0.3) is 0 Å². The summed E-state index contributed by atoms with van der Waals surface area (Å²) in [5.41, 5.74) is 0.353. The maximum Gasteiger partial charge on any atom is 0.416 e. The average Bonchev–Trinajstić information content (AvgIpc) is 2.82. The van der Waals surface area contributed by atoms with Crippen LogP contribution in [0.3, 0.4) is 0 Å². The molecule has 0 radical (unpaired) electrons. The van der Waals surface area contributed by atoms with Crippen LogP contribution in [0.4, 0.5) is 24.5 Å². The highest BCUT2D eigenvalue weighted by Gasteiger charge is 2.31. The molecule has 0 aliphatic heterocycles. The minimum atomic E-state index is -4.53. The van der Waals surface area contributed by atoms with Gasteiger partial charge in [-0.05, 0) is 35.9 Å². The van der Waals surface area contributed by atoms with Gasteiger partial charge in [-0.25, -0.2) is 5.84 Å². The Morgan fingerprint density at radius 3 is 2.24 bits per heavy atom. The second-order valence-electron chi connectivity index (χ2n) is 6.71. The molecule has 3 N–H and O–H groups in total. The van der Waals surface area contributed by atoms with E-state index < -0.39 is 22.9 Å². The molecule has 0 heterocycles. The number of amides is 1. The number of nitrogens with two attached hydrogens (primary N) is 1. The fraction of sp³-hybridized carbons (Fsp3) is 0.0870. The molecule has 3 aromatic rings. The number of thioether (sulfide) groups is 1. The standard InChI is InChI=1S/C23H20F3N5OS/c1-28-30-22(31(27)19-13-6-3-7-14-19)33-20(16-9-4-2-5-10-16)21(32)29-18-12-8-11-17(15-18)23(24,25)26/h2-15,20H,1,27H2,(H,29,32)/b30-22+. The van der Waals surface area contributed by atoms with Crippen molar-refractivity contribution in [3.8, 4) is 0 Å². The largest absolute Gasteiger partial charge is 0.416 e. The van der Waals surface area contributed by atoms with Crippen LogP contribution in [-0.4, -0.2) is 17.8 Å². The molecule has 3 rings (SSSR count). The number of carbonyl (C=O) groups is 1. The molecular weight excluding hydrogens is 451 g/mol. The Balaban J connectivity index is 1.91. The monoisotopic (exact) mass is 471 g/mol. The number of amidine groups is 1.